The van der Waals surface area contributed by atoms with E-state index in [-0.39, 0.29) is 11.3 Å². The number of aliphatic hydroxyl groups is 1. The molecule has 1 aromatic heterocycles. The molecule has 0 bridgehead atoms. The number of Topliss-reactive ketones (excluding diaryl/α,β-unsaturated/α-hetero) is 1. The lowest BCUT2D eigenvalue weighted by molar-refractivity contribution is -0.129. The molecule has 2 aromatic carbocycles. The third kappa shape index (κ3) is 5.49. The van der Waals surface area contributed by atoms with Gasteiger partial charge in [-0.15, -0.1) is 0 Å². The van der Waals surface area contributed by atoms with Crippen LogP contribution in [0.25, 0.3) is 11.0 Å². The van der Waals surface area contributed by atoms with Crippen LogP contribution in [0.5, 0.6) is 11.5 Å². The summed E-state index contributed by atoms with van der Waals surface area (Å²) in [6.07, 6.45) is 0.676. The van der Waals surface area contributed by atoms with E-state index in [9.17, 15) is 14.7 Å². The lowest BCUT2D eigenvalue weighted by Crippen LogP contribution is -2.33. The third-order valence-electron chi connectivity index (χ3n) is 6.26. The minimum absolute atomic E-state index is 0.00566. The predicted molar refractivity (Wildman–Crippen MR) is 141 cm³/mol. The summed E-state index contributed by atoms with van der Waals surface area (Å²) in [5, 5.41) is 11.7. The van der Waals surface area contributed by atoms with Crippen LogP contribution in [0.1, 0.15) is 42.4 Å². The number of hydrogen-bond donors (Lipinski definition) is 1. The zero-order chi connectivity index (χ0) is 26.7. The molecule has 1 N–H and O–H groups in total. The number of methoxy groups -OCH3 is 1. The van der Waals surface area contributed by atoms with Crippen LogP contribution in [0.2, 0.25) is 0 Å². The zero-order valence-corrected chi connectivity index (χ0v) is 22.0. The highest BCUT2D eigenvalue weighted by Gasteiger charge is 2.44. The quantitative estimate of drug-likeness (QED) is 0.366. The molecule has 1 unspecified atom stereocenters. The molecule has 196 valence electrons. The average molecular weight is 507 g/mol. The minimum Gasteiger partial charge on any atom is -0.503 e. The normalized spacial score (nSPS) is 15.9. The van der Waals surface area contributed by atoms with Gasteiger partial charge in [0.2, 0.25) is 5.78 Å². The minimum atomic E-state index is -0.778. The van der Waals surface area contributed by atoms with Gasteiger partial charge >= 0.3 is 0 Å². The standard InChI is InChI=1S/C29H34N2O6/c1-18(2)17-36-21-11-6-9-19(15-21)25-24(27(33)29(34)31(25)14-8-13-30(3)4)26(32)23-16-20-10-7-12-22(35-5)28(20)37-23/h6-7,9-12,15-16,18,25,33H,8,13-14,17H2,1-5H3. The van der Waals surface area contributed by atoms with E-state index < -0.39 is 23.5 Å². The first kappa shape index (κ1) is 26.3. The Bertz CT molecular complexity index is 1320. The maximum atomic E-state index is 13.8. The fourth-order valence-electron chi connectivity index (χ4n) is 4.50. The number of para-hydroxylation sites is 1. The maximum absolute atomic E-state index is 13.8. The van der Waals surface area contributed by atoms with Crippen LogP contribution in [0.15, 0.2) is 64.3 Å². The number of ether oxygens (including phenoxy) is 2. The van der Waals surface area contributed by atoms with Crippen molar-refractivity contribution < 1.29 is 28.6 Å². The number of ketones is 1. The Kier molecular flexibility index (Phi) is 7.88. The second-order valence-corrected chi connectivity index (χ2v) is 9.92. The number of hydrogen-bond acceptors (Lipinski definition) is 7. The van der Waals surface area contributed by atoms with Crippen LogP contribution in [0, 0.1) is 5.92 Å². The van der Waals surface area contributed by atoms with Crippen molar-refractivity contribution in [1.29, 1.82) is 0 Å². The first-order valence-corrected chi connectivity index (χ1v) is 12.4. The molecular formula is C29H34N2O6. The Morgan fingerprint density at radius 2 is 1.92 bits per heavy atom. The molecule has 1 aliphatic rings. The zero-order valence-electron chi connectivity index (χ0n) is 22.0. The van der Waals surface area contributed by atoms with E-state index in [1.807, 2.05) is 49.3 Å². The van der Waals surface area contributed by atoms with Gasteiger partial charge in [0.1, 0.15) is 5.75 Å². The molecule has 1 aliphatic heterocycles. The molecule has 1 amide bonds. The molecule has 1 atom stereocenters. The molecule has 8 heteroatoms. The van der Waals surface area contributed by atoms with Crippen molar-refractivity contribution in [2.75, 3.05) is 40.9 Å². The molecule has 0 radical (unpaired) electrons. The number of rotatable bonds is 11. The lowest BCUT2D eigenvalue weighted by Gasteiger charge is -2.27. The number of nitrogens with zero attached hydrogens (tertiary/aromatic N) is 2. The van der Waals surface area contributed by atoms with Gasteiger partial charge in [-0.1, -0.05) is 38.1 Å². The molecule has 3 aromatic rings. The molecule has 4 rings (SSSR count). The molecule has 8 nitrogen and oxygen atoms in total. The van der Waals surface area contributed by atoms with Crippen molar-refractivity contribution in [3.05, 3.63) is 71.2 Å². The first-order chi connectivity index (χ1) is 17.7. The first-order valence-electron chi connectivity index (χ1n) is 12.4. The highest BCUT2D eigenvalue weighted by Crippen LogP contribution is 2.41. The Morgan fingerprint density at radius 1 is 1.16 bits per heavy atom. The van der Waals surface area contributed by atoms with Gasteiger partial charge in [0.05, 0.1) is 25.3 Å². The van der Waals surface area contributed by atoms with Crippen LogP contribution < -0.4 is 9.47 Å². The van der Waals surface area contributed by atoms with Gasteiger partial charge < -0.3 is 28.8 Å². The Hall–Kier alpha value is -3.78. The molecule has 0 saturated carbocycles. The van der Waals surface area contributed by atoms with Gasteiger partial charge in [0.25, 0.3) is 5.91 Å². The molecule has 2 heterocycles. The summed E-state index contributed by atoms with van der Waals surface area (Å²) in [5.74, 6) is -0.174. The van der Waals surface area contributed by atoms with Crippen molar-refractivity contribution in [2.24, 2.45) is 5.92 Å². The van der Waals surface area contributed by atoms with Gasteiger partial charge in [0.15, 0.2) is 22.9 Å². The van der Waals surface area contributed by atoms with Crippen LogP contribution in [-0.4, -0.2) is 67.5 Å². The summed E-state index contributed by atoms with van der Waals surface area (Å²) in [6, 6.07) is 13.5. The van der Waals surface area contributed by atoms with E-state index in [0.29, 0.717) is 53.5 Å². The number of furan rings is 1. The van der Waals surface area contributed by atoms with Crippen molar-refractivity contribution in [3.8, 4) is 11.5 Å². The van der Waals surface area contributed by atoms with Gasteiger partial charge in [-0.2, -0.15) is 0 Å². The summed E-state index contributed by atoms with van der Waals surface area (Å²) in [5.41, 5.74) is 1.11. The molecule has 37 heavy (non-hydrogen) atoms. The highest BCUT2D eigenvalue weighted by atomic mass is 16.5. The van der Waals surface area contributed by atoms with Crippen LogP contribution >= 0.6 is 0 Å². The van der Waals surface area contributed by atoms with Crippen molar-refractivity contribution >= 4 is 22.7 Å². The topological polar surface area (TPSA) is 92.5 Å². The third-order valence-corrected chi connectivity index (χ3v) is 6.26. The molecule has 0 aliphatic carbocycles. The SMILES string of the molecule is COc1cccc2cc(C(=O)C3=C(O)C(=O)N(CCCN(C)C)C3c3cccc(OCC(C)C)c3)oc12. The van der Waals surface area contributed by atoms with Crippen LogP contribution in [0.4, 0.5) is 0 Å². The smallest absolute Gasteiger partial charge is 0.290 e. The number of fused-ring (bicyclic) bond motifs is 1. The fourth-order valence-corrected chi connectivity index (χ4v) is 4.50. The highest BCUT2D eigenvalue weighted by molar-refractivity contribution is 6.16. The molecule has 0 saturated heterocycles. The average Bonchev–Trinajstić information content (AvgIpc) is 3.42. The Morgan fingerprint density at radius 3 is 2.62 bits per heavy atom. The predicted octanol–water partition coefficient (Wildman–Crippen LogP) is 5.01. The van der Waals surface area contributed by atoms with E-state index in [0.717, 1.165) is 6.54 Å². The number of carbonyl (C=O) groups is 2. The van der Waals surface area contributed by atoms with E-state index in [4.69, 9.17) is 13.9 Å². The summed E-state index contributed by atoms with van der Waals surface area (Å²) in [6.45, 7) is 5.78. The lowest BCUT2D eigenvalue weighted by atomic mass is 9.94. The maximum Gasteiger partial charge on any atom is 0.290 e. The number of amides is 1. The summed E-state index contributed by atoms with van der Waals surface area (Å²) in [4.78, 5) is 30.6. The second-order valence-electron chi connectivity index (χ2n) is 9.92. The van der Waals surface area contributed by atoms with Crippen molar-refractivity contribution in [1.82, 2.24) is 9.80 Å². The van der Waals surface area contributed by atoms with Crippen LogP contribution in [0.3, 0.4) is 0 Å². The Balaban J connectivity index is 1.75. The molecule has 0 spiro atoms. The van der Waals surface area contributed by atoms with Gasteiger partial charge in [0, 0.05) is 11.9 Å². The molecule has 0 fully saturated rings. The summed E-state index contributed by atoms with van der Waals surface area (Å²) < 4.78 is 17.2. The number of aliphatic hydroxyl groups excluding tert-OH is 1. The van der Waals surface area contributed by atoms with Crippen molar-refractivity contribution in [3.63, 3.8) is 0 Å². The van der Waals surface area contributed by atoms with Gasteiger partial charge in [-0.05, 0) is 62.8 Å². The van der Waals surface area contributed by atoms with Gasteiger partial charge in [-0.3, -0.25) is 9.59 Å². The van der Waals surface area contributed by atoms with E-state index >= 15 is 0 Å². The monoisotopic (exact) mass is 506 g/mol. The second kappa shape index (κ2) is 11.1. The van der Waals surface area contributed by atoms with Gasteiger partial charge in [-0.25, -0.2) is 0 Å². The number of benzene rings is 2. The number of carbonyl (C=O) groups excluding carboxylic acids is 2. The van der Waals surface area contributed by atoms with E-state index in [2.05, 4.69) is 13.8 Å². The van der Waals surface area contributed by atoms with E-state index in [1.54, 1.807) is 23.1 Å². The fraction of sp³-hybridized carbons (Fsp3) is 0.379. The summed E-state index contributed by atoms with van der Waals surface area (Å²) >= 11 is 0. The van der Waals surface area contributed by atoms with Crippen LogP contribution in [-0.2, 0) is 4.79 Å². The molecular weight excluding hydrogens is 472 g/mol. The largest absolute Gasteiger partial charge is 0.503 e. The summed E-state index contributed by atoms with van der Waals surface area (Å²) in [7, 11) is 5.44. The van der Waals surface area contributed by atoms with E-state index in [1.165, 1.54) is 7.11 Å². The van der Waals surface area contributed by atoms with Crippen molar-refractivity contribution in [2.45, 2.75) is 26.3 Å². The Labute approximate surface area is 217 Å².